The number of nitrogen functional groups attached to an aromatic ring is 1. The summed E-state index contributed by atoms with van der Waals surface area (Å²) in [4.78, 5) is 8.24. The molecule has 1 aliphatic rings. The van der Waals surface area contributed by atoms with Crippen LogP contribution in [0.1, 0.15) is 18.4 Å². The van der Waals surface area contributed by atoms with E-state index >= 15 is 0 Å². The van der Waals surface area contributed by atoms with Crippen molar-refractivity contribution >= 4 is 11.7 Å². The van der Waals surface area contributed by atoms with Gasteiger partial charge in [-0.05, 0) is 25.0 Å². The Hall–Kier alpha value is -1.58. The minimum Gasteiger partial charge on any atom is -0.383 e. The molecular formula is C9H12N4. The van der Waals surface area contributed by atoms with E-state index in [1.807, 2.05) is 6.07 Å². The second-order valence-electron chi connectivity index (χ2n) is 3.18. The number of anilines is 1. The number of rotatable bonds is 2. The second kappa shape index (κ2) is 3.05. The van der Waals surface area contributed by atoms with Crippen molar-refractivity contribution in [1.29, 1.82) is 0 Å². The lowest BCUT2D eigenvalue weighted by Gasteiger charge is -2.02. The van der Waals surface area contributed by atoms with Crippen molar-refractivity contribution in [1.82, 2.24) is 4.98 Å². The third-order valence-corrected chi connectivity index (χ3v) is 1.98. The summed E-state index contributed by atoms with van der Waals surface area (Å²) in [5.74, 6) is 0.956. The molecule has 0 saturated heterocycles. The Morgan fingerprint density at radius 2 is 2.31 bits per heavy atom. The molecule has 2 rings (SSSR count). The number of amidine groups is 1. The largest absolute Gasteiger partial charge is 0.383 e. The summed E-state index contributed by atoms with van der Waals surface area (Å²) in [5, 5.41) is 0. The maximum atomic E-state index is 5.77. The second-order valence-corrected chi connectivity index (χ2v) is 3.18. The van der Waals surface area contributed by atoms with Crippen LogP contribution in [0.2, 0.25) is 0 Å². The molecule has 1 aromatic heterocycles. The van der Waals surface area contributed by atoms with Gasteiger partial charge in [-0.25, -0.2) is 4.98 Å². The van der Waals surface area contributed by atoms with Gasteiger partial charge in [-0.2, -0.15) is 0 Å². The zero-order valence-electron chi connectivity index (χ0n) is 7.27. The highest BCUT2D eigenvalue weighted by atomic mass is 14.9. The van der Waals surface area contributed by atoms with Crippen LogP contribution < -0.4 is 11.5 Å². The molecule has 13 heavy (non-hydrogen) atoms. The highest BCUT2D eigenvalue weighted by Crippen LogP contribution is 2.24. The molecule has 1 aliphatic carbocycles. The average Bonchev–Trinajstić information content (AvgIpc) is 2.89. The molecule has 0 atom stereocenters. The fourth-order valence-corrected chi connectivity index (χ4v) is 1.10. The molecule has 0 aliphatic heterocycles. The van der Waals surface area contributed by atoms with Crippen LogP contribution >= 0.6 is 0 Å². The molecule has 1 fully saturated rings. The van der Waals surface area contributed by atoms with Crippen LogP contribution in [0.4, 0.5) is 5.82 Å². The van der Waals surface area contributed by atoms with Gasteiger partial charge >= 0.3 is 0 Å². The molecule has 1 saturated carbocycles. The zero-order chi connectivity index (χ0) is 9.26. The summed E-state index contributed by atoms with van der Waals surface area (Å²) < 4.78 is 0. The summed E-state index contributed by atoms with van der Waals surface area (Å²) in [6.07, 6.45) is 3.92. The van der Waals surface area contributed by atoms with Gasteiger partial charge in [-0.3, -0.25) is 4.99 Å². The topological polar surface area (TPSA) is 77.3 Å². The van der Waals surface area contributed by atoms with Crippen LogP contribution in [-0.4, -0.2) is 16.9 Å². The van der Waals surface area contributed by atoms with Crippen molar-refractivity contribution in [3.05, 3.63) is 23.9 Å². The number of nitrogens with zero attached hydrogens (tertiary/aromatic N) is 2. The van der Waals surface area contributed by atoms with Gasteiger partial charge in [-0.15, -0.1) is 0 Å². The molecule has 0 unspecified atom stereocenters. The Kier molecular flexibility index (Phi) is 1.88. The molecule has 4 nitrogen and oxygen atoms in total. The molecule has 0 amide bonds. The summed E-state index contributed by atoms with van der Waals surface area (Å²) in [6, 6.07) is 4.06. The SMILES string of the molecule is NC(=NC1CC1)c1cccnc1N. The standard InChI is InChI=1S/C9H12N4/c10-8-7(2-1-5-12-8)9(11)13-6-3-4-6/h1-2,5-6H,3-4H2,(H2,10,12)(H2,11,13). The Labute approximate surface area is 76.7 Å². The first kappa shape index (κ1) is 8.04. The van der Waals surface area contributed by atoms with E-state index in [0.717, 1.165) is 18.4 Å². The molecular weight excluding hydrogens is 164 g/mol. The molecule has 0 aromatic carbocycles. The zero-order valence-corrected chi connectivity index (χ0v) is 7.27. The van der Waals surface area contributed by atoms with Crippen LogP contribution in [0.15, 0.2) is 23.3 Å². The Balaban J connectivity index is 2.28. The van der Waals surface area contributed by atoms with E-state index in [9.17, 15) is 0 Å². The predicted molar refractivity (Wildman–Crippen MR) is 52.4 cm³/mol. The first-order valence-electron chi connectivity index (χ1n) is 4.31. The predicted octanol–water partition coefficient (Wildman–Crippen LogP) is 0.531. The Bertz CT molecular complexity index is 341. The number of hydrogen-bond donors (Lipinski definition) is 2. The van der Waals surface area contributed by atoms with Crippen molar-refractivity contribution < 1.29 is 0 Å². The number of aliphatic imine (C=N–C) groups is 1. The molecule has 4 N–H and O–H groups in total. The van der Waals surface area contributed by atoms with E-state index < -0.39 is 0 Å². The summed E-state index contributed by atoms with van der Waals surface area (Å²) in [6.45, 7) is 0. The van der Waals surface area contributed by atoms with Gasteiger partial charge in [0.15, 0.2) is 0 Å². The maximum Gasteiger partial charge on any atom is 0.134 e. The first-order chi connectivity index (χ1) is 6.27. The number of nitrogens with two attached hydrogens (primary N) is 2. The van der Waals surface area contributed by atoms with Gasteiger partial charge in [-0.1, -0.05) is 0 Å². The van der Waals surface area contributed by atoms with Gasteiger partial charge < -0.3 is 11.5 Å². The van der Waals surface area contributed by atoms with Gasteiger partial charge in [0, 0.05) is 6.20 Å². The van der Waals surface area contributed by atoms with Crippen LogP contribution in [0, 0.1) is 0 Å². The van der Waals surface area contributed by atoms with Crippen molar-refractivity contribution in [2.24, 2.45) is 10.7 Å². The Morgan fingerprint density at radius 1 is 1.54 bits per heavy atom. The number of pyridine rings is 1. The van der Waals surface area contributed by atoms with Crippen molar-refractivity contribution in [3.8, 4) is 0 Å². The Morgan fingerprint density at radius 3 is 2.92 bits per heavy atom. The fraction of sp³-hybridized carbons (Fsp3) is 0.333. The third-order valence-electron chi connectivity index (χ3n) is 1.98. The summed E-state index contributed by atoms with van der Waals surface area (Å²) in [5.41, 5.74) is 12.2. The smallest absolute Gasteiger partial charge is 0.134 e. The lowest BCUT2D eigenvalue weighted by molar-refractivity contribution is 1.06. The van der Waals surface area contributed by atoms with E-state index in [4.69, 9.17) is 11.5 Å². The van der Waals surface area contributed by atoms with Gasteiger partial charge in [0.25, 0.3) is 0 Å². The summed E-state index contributed by atoms with van der Waals surface area (Å²) in [7, 11) is 0. The lowest BCUT2D eigenvalue weighted by Crippen LogP contribution is -2.16. The average molecular weight is 176 g/mol. The van der Waals surface area contributed by atoms with Crippen molar-refractivity contribution in [2.45, 2.75) is 18.9 Å². The number of hydrogen-bond acceptors (Lipinski definition) is 3. The fourth-order valence-electron chi connectivity index (χ4n) is 1.10. The third kappa shape index (κ3) is 1.77. The van der Waals surface area contributed by atoms with Gasteiger partial charge in [0.2, 0.25) is 0 Å². The minimum atomic E-state index is 0.416. The first-order valence-corrected chi connectivity index (χ1v) is 4.31. The van der Waals surface area contributed by atoms with Crippen LogP contribution in [0.25, 0.3) is 0 Å². The van der Waals surface area contributed by atoms with E-state index in [0.29, 0.717) is 17.7 Å². The monoisotopic (exact) mass is 176 g/mol. The van der Waals surface area contributed by atoms with E-state index in [2.05, 4.69) is 9.98 Å². The molecule has 0 bridgehead atoms. The maximum absolute atomic E-state index is 5.77. The minimum absolute atomic E-state index is 0.416. The molecule has 1 aromatic rings. The molecule has 4 heteroatoms. The highest BCUT2D eigenvalue weighted by molar-refractivity contribution is 6.01. The molecule has 68 valence electrons. The van der Waals surface area contributed by atoms with Crippen molar-refractivity contribution in [2.75, 3.05) is 5.73 Å². The normalized spacial score (nSPS) is 17.4. The van der Waals surface area contributed by atoms with Crippen LogP contribution in [0.5, 0.6) is 0 Å². The number of aromatic nitrogens is 1. The molecule has 0 spiro atoms. The quantitative estimate of drug-likeness (QED) is 0.509. The molecule has 1 heterocycles. The molecule has 0 radical (unpaired) electrons. The van der Waals surface area contributed by atoms with E-state index in [1.54, 1.807) is 12.3 Å². The highest BCUT2D eigenvalue weighted by Gasteiger charge is 2.21. The van der Waals surface area contributed by atoms with E-state index in [1.165, 1.54) is 0 Å². The van der Waals surface area contributed by atoms with Gasteiger partial charge in [0.1, 0.15) is 11.7 Å². The summed E-state index contributed by atoms with van der Waals surface area (Å²) >= 11 is 0. The van der Waals surface area contributed by atoms with Gasteiger partial charge in [0.05, 0.1) is 11.6 Å². The van der Waals surface area contributed by atoms with Crippen LogP contribution in [0.3, 0.4) is 0 Å². The van der Waals surface area contributed by atoms with E-state index in [-0.39, 0.29) is 0 Å². The lowest BCUT2D eigenvalue weighted by atomic mass is 10.2. The van der Waals surface area contributed by atoms with Crippen LogP contribution in [-0.2, 0) is 0 Å². The van der Waals surface area contributed by atoms with Crippen molar-refractivity contribution in [3.63, 3.8) is 0 Å².